The third-order valence-electron chi connectivity index (χ3n) is 2.85. The molecule has 0 aliphatic rings. The van der Waals surface area contributed by atoms with Gasteiger partial charge in [-0.3, -0.25) is 0 Å². The lowest BCUT2D eigenvalue weighted by molar-refractivity contribution is 0.648. The molecule has 1 unspecified atom stereocenters. The third kappa shape index (κ3) is 3.45. The minimum absolute atomic E-state index is 0.0774. The average Bonchev–Trinajstić information content (AvgIpc) is 2.77. The highest BCUT2D eigenvalue weighted by Crippen LogP contribution is 2.41. The summed E-state index contributed by atoms with van der Waals surface area (Å²) in [5, 5.41) is 1.67. The van der Waals surface area contributed by atoms with Gasteiger partial charge in [0.25, 0.3) is 0 Å². The van der Waals surface area contributed by atoms with Gasteiger partial charge in [-0.1, -0.05) is 48.1 Å². The quantitative estimate of drug-likeness (QED) is 0.710. The standard InChI is InChI=1S/C14H14Cl3NS/c1-2-3-11(18)12-4-5-13(19-12)14-9(16)6-8(15)7-10(14)17/h4-7,11H,2-3,18H2,1H3. The van der Waals surface area contributed by atoms with E-state index in [1.165, 1.54) is 0 Å². The van der Waals surface area contributed by atoms with Gasteiger partial charge in [-0.25, -0.2) is 0 Å². The van der Waals surface area contributed by atoms with Crippen molar-refractivity contribution < 1.29 is 0 Å². The maximum Gasteiger partial charge on any atom is 0.0522 e. The zero-order valence-corrected chi connectivity index (χ0v) is 13.5. The highest BCUT2D eigenvalue weighted by Gasteiger charge is 2.14. The minimum Gasteiger partial charge on any atom is -0.323 e. The van der Waals surface area contributed by atoms with Crippen LogP contribution in [0, 0.1) is 0 Å². The van der Waals surface area contributed by atoms with Gasteiger partial charge in [0.15, 0.2) is 0 Å². The maximum absolute atomic E-state index is 6.23. The maximum atomic E-state index is 6.23. The molecule has 102 valence electrons. The monoisotopic (exact) mass is 333 g/mol. The van der Waals surface area contributed by atoms with Crippen LogP contribution in [0.5, 0.6) is 0 Å². The van der Waals surface area contributed by atoms with E-state index in [-0.39, 0.29) is 6.04 Å². The Morgan fingerprint density at radius 1 is 1.16 bits per heavy atom. The second-order valence-corrected chi connectivity index (χ2v) is 6.71. The first-order valence-electron chi connectivity index (χ1n) is 6.03. The second-order valence-electron chi connectivity index (χ2n) is 4.34. The average molecular weight is 335 g/mol. The first-order valence-corrected chi connectivity index (χ1v) is 7.98. The van der Waals surface area contributed by atoms with Gasteiger partial charge in [0.05, 0.1) is 10.0 Å². The van der Waals surface area contributed by atoms with Crippen LogP contribution in [-0.4, -0.2) is 0 Å². The number of nitrogens with two attached hydrogens (primary N) is 1. The van der Waals surface area contributed by atoms with Crippen molar-refractivity contribution >= 4 is 46.1 Å². The Labute approximate surface area is 132 Å². The van der Waals surface area contributed by atoms with Gasteiger partial charge < -0.3 is 5.73 Å². The Morgan fingerprint density at radius 2 is 1.79 bits per heavy atom. The van der Waals surface area contributed by atoms with Gasteiger partial charge in [0, 0.05) is 26.4 Å². The molecule has 2 N–H and O–H groups in total. The molecule has 0 saturated carbocycles. The van der Waals surface area contributed by atoms with Crippen molar-refractivity contribution in [2.24, 2.45) is 5.73 Å². The predicted octanol–water partition coefficient (Wildman–Crippen LogP) is 6.18. The molecular weight excluding hydrogens is 321 g/mol. The lowest BCUT2D eigenvalue weighted by Gasteiger charge is -2.07. The molecular formula is C14H14Cl3NS. The zero-order chi connectivity index (χ0) is 14.0. The summed E-state index contributed by atoms with van der Waals surface area (Å²) >= 11 is 20.0. The van der Waals surface area contributed by atoms with E-state index in [1.807, 2.05) is 12.1 Å². The van der Waals surface area contributed by atoms with E-state index in [4.69, 9.17) is 40.5 Å². The van der Waals surface area contributed by atoms with Crippen LogP contribution in [0.1, 0.15) is 30.7 Å². The molecule has 0 fully saturated rings. The normalized spacial score (nSPS) is 12.7. The summed E-state index contributed by atoms with van der Waals surface area (Å²) in [6, 6.07) is 7.54. The number of rotatable bonds is 4. The highest BCUT2D eigenvalue weighted by atomic mass is 35.5. The Balaban J connectivity index is 2.38. The molecule has 0 saturated heterocycles. The summed E-state index contributed by atoms with van der Waals surface area (Å²) in [7, 11) is 0. The van der Waals surface area contributed by atoms with E-state index in [9.17, 15) is 0 Å². The molecule has 1 heterocycles. The molecule has 1 aromatic carbocycles. The number of thiophene rings is 1. The summed E-state index contributed by atoms with van der Waals surface area (Å²) in [6.45, 7) is 2.13. The highest BCUT2D eigenvalue weighted by molar-refractivity contribution is 7.15. The molecule has 1 aromatic heterocycles. The first-order chi connectivity index (χ1) is 9.02. The smallest absolute Gasteiger partial charge is 0.0522 e. The molecule has 0 aliphatic heterocycles. The van der Waals surface area contributed by atoms with Gasteiger partial charge in [-0.2, -0.15) is 0 Å². The molecule has 2 rings (SSSR count). The molecule has 0 radical (unpaired) electrons. The predicted molar refractivity (Wildman–Crippen MR) is 86.6 cm³/mol. The largest absolute Gasteiger partial charge is 0.323 e. The third-order valence-corrected chi connectivity index (χ3v) is 4.89. The Kier molecular flexibility index (Phi) is 5.15. The van der Waals surface area contributed by atoms with Gasteiger partial charge in [-0.05, 0) is 30.7 Å². The van der Waals surface area contributed by atoms with E-state index in [1.54, 1.807) is 23.5 Å². The van der Waals surface area contributed by atoms with E-state index in [2.05, 4.69) is 6.92 Å². The number of benzene rings is 1. The number of halogens is 3. The van der Waals surface area contributed by atoms with Crippen molar-refractivity contribution in [1.82, 2.24) is 0 Å². The van der Waals surface area contributed by atoms with Crippen molar-refractivity contribution in [3.05, 3.63) is 44.2 Å². The number of hydrogen-bond donors (Lipinski definition) is 1. The van der Waals surface area contributed by atoms with Crippen LogP contribution in [0.15, 0.2) is 24.3 Å². The minimum atomic E-state index is 0.0774. The number of hydrogen-bond acceptors (Lipinski definition) is 2. The molecule has 0 aliphatic carbocycles. The Hall–Kier alpha value is -0.250. The molecule has 5 heteroatoms. The van der Waals surface area contributed by atoms with Crippen LogP contribution in [0.2, 0.25) is 15.1 Å². The Bertz CT molecular complexity index is 557. The van der Waals surface area contributed by atoms with Crippen LogP contribution in [0.3, 0.4) is 0 Å². The summed E-state index contributed by atoms with van der Waals surface area (Å²) < 4.78 is 0. The summed E-state index contributed by atoms with van der Waals surface area (Å²) in [5.41, 5.74) is 6.95. The van der Waals surface area contributed by atoms with Crippen LogP contribution in [0.25, 0.3) is 10.4 Å². The summed E-state index contributed by atoms with van der Waals surface area (Å²) in [5.74, 6) is 0. The molecule has 2 aromatic rings. The van der Waals surface area contributed by atoms with Crippen molar-refractivity contribution in [2.75, 3.05) is 0 Å². The van der Waals surface area contributed by atoms with Gasteiger partial charge in [0.2, 0.25) is 0 Å². The van der Waals surface area contributed by atoms with E-state index in [0.29, 0.717) is 15.1 Å². The fourth-order valence-electron chi connectivity index (χ4n) is 1.92. The van der Waals surface area contributed by atoms with E-state index < -0.39 is 0 Å². The topological polar surface area (TPSA) is 26.0 Å². The molecule has 0 bridgehead atoms. The van der Waals surface area contributed by atoms with Crippen LogP contribution < -0.4 is 5.73 Å². The van der Waals surface area contributed by atoms with Crippen molar-refractivity contribution in [2.45, 2.75) is 25.8 Å². The van der Waals surface area contributed by atoms with Crippen molar-refractivity contribution in [3.63, 3.8) is 0 Å². The van der Waals surface area contributed by atoms with Gasteiger partial charge >= 0.3 is 0 Å². The molecule has 1 nitrogen and oxygen atoms in total. The lowest BCUT2D eigenvalue weighted by Crippen LogP contribution is -2.07. The Morgan fingerprint density at radius 3 is 2.37 bits per heavy atom. The van der Waals surface area contributed by atoms with E-state index >= 15 is 0 Å². The molecule has 1 atom stereocenters. The SMILES string of the molecule is CCCC(N)c1ccc(-c2c(Cl)cc(Cl)cc2Cl)s1. The van der Waals surface area contributed by atoms with Crippen LogP contribution >= 0.6 is 46.1 Å². The zero-order valence-electron chi connectivity index (χ0n) is 10.4. The van der Waals surface area contributed by atoms with Crippen molar-refractivity contribution in [1.29, 1.82) is 0 Å². The van der Waals surface area contributed by atoms with Crippen molar-refractivity contribution in [3.8, 4) is 10.4 Å². The second kappa shape index (κ2) is 6.47. The summed E-state index contributed by atoms with van der Waals surface area (Å²) in [4.78, 5) is 2.17. The van der Waals surface area contributed by atoms with Gasteiger partial charge in [0.1, 0.15) is 0 Å². The molecule has 0 spiro atoms. The van der Waals surface area contributed by atoms with Crippen LogP contribution in [0.4, 0.5) is 0 Å². The summed E-state index contributed by atoms with van der Waals surface area (Å²) in [6.07, 6.45) is 2.04. The fourth-order valence-corrected chi connectivity index (χ4v) is 4.17. The van der Waals surface area contributed by atoms with Gasteiger partial charge in [-0.15, -0.1) is 11.3 Å². The van der Waals surface area contributed by atoms with E-state index in [0.717, 1.165) is 28.2 Å². The first kappa shape index (κ1) is 15.1. The molecule has 0 amide bonds. The lowest BCUT2D eigenvalue weighted by atomic mass is 10.1. The fraction of sp³-hybridized carbons (Fsp3) is 0.286. The molecule has 19 heavy (non-hydrogen) atoms. The van der Waals surface area contributed by atoms with Crippen LogP contribution in [-0.2, 0) is 0 Å².